The molecule has 0 bridgehead atoms. The number of aliphatic imine (C=N–C) groups is 1. The molecule has 1 heterocycles. The lowest BCUT2D eigenvalue weighted by Crippen LogP contribution is -1.98. The molecule has 0 atom stereocenters. The highest BCUT2D eigenvalue weighted by atomic mass is 79.9. The van der Waals surface area contributed by atoms with Crippen molar-refractivity contribution in [2.75, 3.05) is 11.5 Å². The number of hydrogen-bond acceptors (Lipinski definition) is 5. The van der Waals surface area contributed by atoms with Crippen LogP contribution in [0.1, 0.15) is 5.56 Å². The fraction of sp³-hybridized carbons (Fsp3) is 0. The van der Waals surface area contributed by atoms with E-state index in [4.69, 9.17) is 11.5 Å². The highest BCUT2D eigenvalue weighted by Gasteiger charge is 1.99. The minimum atomic E-state index is 0.144. The number of nitrogen functional groups attached to an aromatic ring is 2. The van der Waals surface area contributed by atoms with Crippen LogP contribution in [0.3, 0.4) is 0 Å². The molecule has 0 saturated heterocycles. The average Bonchev–Trinajstić information content (AvgIpc) is 2.30. The molecule has 0 spiro atoms. The standard InChI is InChI=1S/C11H10BrN5/c12-8-3-1-7(2-4-8)5-15-9-6-16-11(14)17-10(9)13/h1-6H,(H4,13,14,16,17). The lowest BCUT2D eigenvalue weighted by molar-refractivity contribution is 1.18. The second kappa shape index (κ2) is 4.92. The molecule has 0 amide bonds. The molecule has 6 heteroatoms. The summed E-state index contributed by atoms with van der Waals surface area (Å²) < 4.78 is 1.02. The van der Waals surface area contributed by atoms with E-state index in [-0.39, 0.29) is 11.8 Å². The van der Waals surface area contributed by atoms with E-state index in [9.17, 15) is 0 Å². The second-order valence-electron chi connectivity index (χ2n) is 3.31. The van der Waals surface area contributed by atoms with E-state index >= 15 is 0 Å². The van der Waals surface area contributed by atoms with Crippen molar-refractivity contribution in [1.82, 2.24) is 9.97 Å². The van der Waals surface area contributed by atoms with Crippen LogP contribution in [0.25, 0.3) is 0 Å². The number of hydrogen-bond donors (Lipinski definition) is 2. The third kappa shape index (κ3) is 3.01. The molecule has 0 aliphatic carbocycles. The normalized spacial score (nSPS) is 10.9. The summed E-state index contributed by atoms with van der Waals surface area (Å²) in [5, 5.41) is 0. The van der Waals surface area contributed by atoms with Gasteiger partial charge < -0.3 is 11.5 Å². The van der Waals surface area contributed by atoms with Gasteiger partial charge in [-0.2, -0.15) is 4.98 Å². The van der Waals surface area contributed by atoms with Gasteiger partial charge in [-0.3, -0.25) is 4.99 Å². The molecule has 17 heavy (non-hydrogen) atoms. The van der Waals surface area contributed by atoms with Gasteiger partial charge in [0.2, 0.25) is 5.95 Å². The van der Waals surface area contributed by atoms with Crippen LogP contribution in [0.4, 0.5) is 17.5 Å². The maximum atomic E-state index is 5.66. The van der Waals surface area contributed by atoms with E-state index in [1.54, 1.807) is 6.21 Å². The molecule has 4 N–H and O–H groups in total. The third-order valence-corrected chi connectivity index (χ3v) is 2.57. The molecule has 0 unspecified atom stereocenters. The fourth-order valence-corrected chi connectivity index (χ4v) is 1.46. The molecule has 5 nitrogen and oxygen atoms in total. The van der Waals surface area contributed by atoms with Crippen LogP contribution in [-0.2, 0) is 0 Å². The monoisotopic (exact) mass is 291 g/mol. The Hall–Kier alpha value is -1.95. The number of benzene rings is 1. The zero-order valence-corrected chi connectivity index (χ0v) is 10.4. The predicted octanol–water partition coefficient (Wildman–Crippen LogP) is 2.15. The van der Waals surface area contributed by atoms with Crippen LogP contribution in [0, 0.1) is 0 Å². The van der Waals surface area contributed by atoms with E-state index in [1.807, 2.05) is 24.3 Å². The zero-order chi connectivity index (χ0) is 12.3. The van der Waals surface area contributed by atoms with Gasteiger partial charge in [-0.15, -0.1) is 0 Å². The van der Waals surface area contributed by atoms with Gasteiger partial charge in [0, 0.05) is 10.7 Å². The highest BCUT2D eigenvalue weighted by Crippen LogP contribution is 2.18. The van der Waals surface area contributed by atoms with Gasteiger partial charge in [0.1, 0.15) is 5.69 Å². The van der Waals surface area contributed by atoms with Crippen molar-refractivity contribution in [1.29, 1.82) is 0 Å². The SMILES string of the molecule is Nc1ncc(N=Cc2ccc(Br)cc2)c(N)n1. The van der Waals surface area contributed by atoms with Crippen LogP contribution in [-0.4, -0.2) is 16.2 Å². The first-order valence-electron chi connectivity index (χ1n) is 4.83. The van der Waals surface area contributed by atoms with Crippen molar-refractivity contribution in [3.63, 3.8) is 0 Å². The molecule has 2 rings (SSSR count). The van der Waals surface area contributed by atoms with Gasteiger partial charge in [0.15, 0.2) is 5.82 Å². The molecule has 86 valence electrons. The molecule has 0 radical (unpaired) electrons. The highest BCUT2D eigenvalue weighted by molar-refractivity contribution is 9.10. The number of halogens is 1. The summed E-state index contributed by atoms with van der Waals surface area (Å²) in [4.78, 5) is 11.9. The summed E-state index contributed by atoms with van der Waals surface area (Å²) >= 11 is 3.36. The molecular weight excluding hydrogens is 282 g/mol. The van der Waals surface area contributed by atoms with Crippen molar-refractivity contribution >= 4 is 39.6 Å². The van der Waals surface area contributed by atoms with Crippen LogP contribution < -0.4 is 11.5 Å². The first-order chi connectivity index (χ1) is 8.15. The Morgan fingerprint density at radius 1 is 1.18 bits per heavy atom. The number of aromatic nitrogens is 2. The second-order valence-corrected chi connectivity index (χ2v) is 4.22. The van der Waals surface area contributed by atoms with E-state index in [0.29, 0.717) is 5.69 Å². The van der Waals surface area contributed by atoms with E-state index in [2.05, 4.69) is 30.9 Å². The van der Waals surface area contributed by atoms with Gasteiger partial charge in [-0.25, -0.2) is 4.98 Å². The Bertz CT molecular complexity index is 550. The lowest BCUT2D eigenvalue weighted by atomic mass is 10.2. The van der Waals surface area contributed by atoms with E-state index in [1.165, 1.54) is 6.20 Å². The van der Waals surface area contributed by atoms with E-state index in [0.717, 1.165) is 10.0 Å². The average molecular weight is 292 g/mol. The maximum absolute atomic E-state index is 5.66. The summed E-state index contributed by atoms with van der Waals surface area (Å²) in [6.45, 7) is 0. The summed E-state index contributed by atoms with van der Waals surface area (Å²) in [6, 6.07) is 7.73. The Kier molecular flexibility index (Phi) is 3.34. The Morgan fingerprint density at radius 2 is 1.88 bits per heavy atom. The van der Waals surface area contributed by atoms with Crippen molar-refractivity contribution < 1.29 is 0 Å². The minimum Gasteiger partial charge on any atom is -0.382 e. The van der Waals surface area contributed by atoms with Crippen LogP contribution >= 0.6 is 15.9 Å². The first-order valence-corrected chi connectivity index (χ1v) is 5.62. The number of nitrogens with two attached hydrogens (primary N) is 2. The number of rotatable bonds is 2. The van der Waals surface area contributed by atoms with Crippen molar-refractivity contribution in [2.24, 2.45) is 4.99 Å². The molecule has 0 aliphatic heterocycles. The van der Waals surface area contributed by atoms with Gasteiger partial charge in [0.25, 0.3) is 0 Å². The summed E-state index contributed by atoms with van der Waals surface area (Å²) in [7, 11) is 0. The van der Waals surface area contributed by atoms with E-state index < -0.39 is 0 Å². The van der Waals surface area contributed by atoms with Gasteiger partial charge in [0.05, 0.1) is 6.20 Å². The van der Waals surface area contributed by atoms with Crippen LogP contribution in [0.2, 0.25) is 0 Å². The Morgan fingerprint density at radius 3 is 2.53 bits per heavy atom. The lowest BCUT2D eigenvalue weighted by Gasteiger charge is -1.99. The van der Waals surface area contributed by atoms with Crippen molar-refractivity contribution in [3.8, 4) is 0 Å². The molecule has 2 aromatic rings. The van der Waals surface area contributed by atoms with Gasteiger partial charge in [-0.1, -0.05) is 28.1 Å². The quantitative estimate of drug-likeness (QED) is 0.830. The first kappa shape index (κ1) is 11.5. The smallest absolute Gasteiger partial charge is 0.222 e. The topological polar surface area (TPSA) is 90.2 Å². The maximum Gasteiger partial charge on any atom is 0.222 e. The molecule has 1 aromatic heterocycles. The minimum absolute atomic E-state index is 0.144. The van der Waals surface area contributed by atoms with Gasteiger partial charge in [-0.05, 0) is 17.7 Å². The number of anilines is 2. The predicted molar refractivity (Wildman–Crippen MR) is 72.3 cm³/mol. The summed E-state index contributed by atoms with van der Waals surface area (Å²) in [5.74, 6) is 0.413. The fourth-order valence-electron chi connectivity index (χ4n) is 1.20. The third-order valence-electron chi connectivity index (χ3n) is 2.04. The van der Waals surface area contributed by atoms with Crippen LogP contribution in [0.15, 0.2) is 39.9 Å². The summed E-state index contributed by atoms with van der Waals surface area (Å²) in [5.41, 5.74) is 12.5. The van der Waals surface area contributed by atoms with Crippen molar-refractivity contribution in [2.45, 2.75) is 0 Å². The molecular formula is C11H10BrN5. The molecule has 1 aromatic carbocycles. The Labute approximate surface area is 107 Å². The van der Waals surface area contributed by atoms with Crippen LogP contribution in [0.5, 0.6) is 0 Å². The summed E-state index contributed by atoms with van der Waals surface area (Å²) in [6.07, 6.45) is 3.19. The Balaban J connectivity index is 2.23. The molecule has 0 fully saturated rings. The molecule has 0 aliphatic rings. The van der Waals surface area contributed by atoms with Crippen molar-refractivity contribution in [3.05, 3.63) is 40.5 Å². The molecule has 0 saturated carbocycles. The largest absolute Gasteiger partial charge is 0.382 e. The number of nitrogens with zero attached hydrogens (tertiary/aromatic N) is 3. The van der Waals surface area contributed by atoms with Gasteiger partial charge >= 0.3 is 0 Å². The zero-order valence-electron chi connectivity index (χ0n) is 8.84.